The highest BCUT2D eigenvalue weighted by molar-refractivity contribution is 7.91. The van der Waals surface area contributed by atoms with Crippen LogP contribution in [-0.2, 0) is 29.4 Å². The van der Waals surface area contributed by atoms with Crippen molar-refractivity contribution in [3.05, 3.63) is 54.1 Å². The molecule has 0 saturated carbocycles. The molecule has 35 heavy (non-hydrogen) atoms. The first-order valence-electron chi connectivity index (χ1n) is 10.7. The van der Waals surface area contributed by atoms with Crippen LogP contribution >= 0.6 is 11.3 Å². The van der Waals surface area contributed by atoms with Crippen LogP contribution in [0.3, 0.4) is 0 Å². The first-order chi connectivity index (χ1) is 16.5. The zero-order chi connectivity index (χ0) is 25.4. The molecule has 1 fully saturated rings. The van der Waals surface area contributed by atoms with Crippen LogP contribution < -0.4 is 5.32 Å². The zero-order valence-electron chi connectivity index (χ0n) is 19.1. The van der Waals surface area contributed by atoms with Gasteiger partial charge in [-0.15, -0.1) is 11.3 Å². The van der Waals surface area contributed by atoms with E-state index in [4.69, 9.17) is 4.74 Å². The van der Waals surface area contributed by atoms with Crippen LogP contribution in [-0.4, -0.2) is 59.5 Å². The van der Waals surface area contributed by atoms with Gasteiger partial charge in [0, 0.05) is 35.3 Å². The van der Waals surface area contributed by atoms with Gasteiger partial charge in [0.15, 0.2) is 9.84 Å². The number of benzene rings is 2. The maximum Gasteiger partial charge on any atom is 0.341 e. The lowest BCUT2D eigenvalue weighted by atomic mass is 9.97. The summed E-state index contributed by atoms with van der Waals surface area (Å²) >= 11 is 1.28. The minimum atomic E-state index is -3.91. The number of sulfonamides is 1. The topological polar surface area (TPSA) is 127 Å². The number of carbonyl (C=O) groups excluding carboxylic acids is 2. The van der Waals surface area contributed by atoms with Crippen molar-refractivity contribution in [3.8, 4) is 0 Å². The van der Waals surface area contributed by atoms with E-state index in [1.165, 1.54) is 41.0 Å². The summed E-state index contributed by atoms with van der Waals surface area (Å²) < 4.78 is 56.8. The van der Waals surface area contributed by atoms with Crippen molar-refractivity contribution in [3.63, 3.8) is 0 Å². The number of fused-ring (bicyclic) bond motifs is 1. The minimum Gasteiger partial charge on any atom is -0.465 e. The van der Waals surface area contributed by atoms with Crippen molar-refractivity contribution >= 4 is 58.2 Å². The molecule has 1 amide bonds. The van der Waals surface area contributed by atoms with E-state index in [0.29, 0.717) is 16.0 Å². The Bertz CT molecular complexity index is 1500. The number of ether oxygens (including phenoxy) is 1. The predicted molar refractivity (Wildman–Crippen MR) is 133 cm³/mol. The third-order valence-corrected chi connectivity index (χ3v) is 10.0. The van der Waals surface area contributed by atoms with E-state index >= 15 is 0 Å². The van der Waals surface area contributed by atoms with E-state index in [1.807, 2.05) is 12.1 Å². The second-order valence-corrected chi connectivity index (χ2v) is 13.2. The van der Waals surface area contributed by atoms with Crippen molar-refractivity contribution in [2.75, 3.05) is 31.8 Å². The molecule has 1 aliphatic rings. The molecule has 2 aromatic carbocycles. The van der Waals surface area contributed by atoms with Crippen LogP contribution in [0, 0.1) is 5.92 Å². The molecule has 1 N–H and O–H groups in total. The maximum atomic E-state index is 13.1. The molecule has 2 heterocycles. The lowest BCUT2D eigenvalue weighted by molar-refractivity contribution is -0.120. The highest BCUT2D eigenvalue weighted by Crippen LogP contribution is 2.37. The highest BCUT2D eigenvalue weighted by atomic mass is 32.2. The summed E-state index contributed by atoms with van der Waals surface area (Å²) in [5.41, 5.74) is 0.298. The number of anilines is 1. The highest BCUT2D eigenvalue weighted by Gasteiger charge is 2.33. The molecule has 0 atom stereocenters. The van der Waals surface area contributed by atoms with Gasteiger partial charge in [-0.1, -0.05) is 24.3 Å². The fourth-order valence-corrected chi connectivity index (χ4v) is 7.38. The average Bonchev–Trinajstić information content (AvgIpc) is 3.21. The Hall–Kier alpha value is -2.80. The summed E-state index contributed by atoms with van der Waals surface area (Å²) in [7, 11) is -6.19. The molecule has 4 rings (SSSR count). The summed E-state index contributed by atoms with van der Waals surface area (Å²) in [6, 6.07) is 12.5. The Balaban J connectivity index is 1.48. The van der Waals surface area contributed by atoms with Crippen molar-refractivity contribution in [2.24, 2.45) is 5.92 Å². The van der Waals surface area contributed by atoms with Crippen LogP contribution in [0.2, 0.25) is 0 Å². The Labute approximate surface area is 207 Å². The van der Waals surface area contributed by atoms with E-state index in [1.54, 1.807) is 12.1 Å². The fraction of sp³-hybridized carbons (Fsp3) is 0.304. The number of carbonyl (C=O) groups is 2. The van der Waals surface area contributed by atoms with Gasteiger partial charge in [0.2, 0.25) is 15.9 Å². The van der Waals surface area contributed by atoms with Gasteiger partial charge in [-0.3, -0.25) is 4.79 Å². The normalized spacial score (nSPS) is 15.7. The van der Waals surface area contributed by atoms with Crippen molar-refractivity contribution < 1.29 is 31.2 Å². The van der Waals surface area contributed by atoms with Crippen LogP contribution in [0.1, 0.15) is 23.2 Å². The number of thiophene rings is 1. The molecule has 0 unspecified atom stereocenters. The summed E-state index contributed by atoms with van der Waals surface area (Å²) in [4.78, 5) is 25.2. The third kappa shape index (κ3) is 5.10. The predicted octanol–water partition coefficient (Wildman–Crippen LogP) is 3.13. The van der Waals surface area contributed by atoms with Crippen LogP contribution in [0.15, 0.2) is 58.3 Å². The quantitative estimate of drug-likeness (QED) is 0.480. The van der Waals surface area contributed by atoms with E-state index < -0.39 is 31.7 Å². The van der Waals surface area contributed by atoms with Crippen molar-refractivity contribution in [1.29, 1.82) is 0 Å². The number of sulfone groups is 1. The van der Waals surface area contributed by atoms with Crippen molar-refractivity contribution in [1.82, 2.24) is 4.31 Å². The SMILES string of the molecule is COC(=O)c1c(NC(=O)C2CCN(S(=O)(=O)c3cccc(S(C)(=O)=O)c3)CC2)sc2ccccc12. The lowest BCUT2D eigenvalue weighted by Crippen LogP contribution is -2.41. The van der Waals surface area contributed by atoms with Gasteiger partial charge in [-0.05, 0) is 37.1 Å². The number of hydrogen-bond donors (Lipinski definition) is 1. The largest absolute Gasteiger partial charge is 0.465 e. The number of rotatable bonds is 6. The minimum absolute atomic E-state index is 0.0717. The van der Waals surface area contributed by atoms with Gasteiger partial charge in [-0.25, -0.2) is 21.6 Å². The molecular weight excluding hydrogens is 512 g/mol. The molecule has 1 aromatic heterocycles. The van der Waals surface area contributed by atoms with Crippen LogP contribution in [0.5, 0.6) is 0 Å². The fourth-order valence-electron chi connectivity index (χ4n) is 4.02. The smallest absolute Gasteiger partial charge is 0.341 e. The molecule has 186 valence electrons. The molecule has 0 spiro atoms. The Kier molecular flexibility index (Phi) is 7.00. The van der Waals surface area contributed by atoms with Gasteiger partial charge in [0.1, 0.15) is 10.6 Å². The summed E-state index contributed by atoms with van der Waals surface area (Å²) in [5.74, 6) is -1.28. The first kappa shape index (κ1) is 25.3. The van der Waals surface area contributed by atoms with Crippen LogP contribution in [0.25, 0.3) is 10.1 Å². The Morgan fingerprint density at radius 2 is 1.66 bits per heavy atom. The molecule has 0 aliphatic carbocycles. The molecule has 9 nitrogen and oxygen atoms in total. The standard InChI is InChI=1S/C23H24N2O7S3/c1-32-23(27)20-18-8-3-4-9-19(18)33-22(20)24-21(26)15-10-12-25(13-11-15)35(30,31)17-7-5-6-16(14-17)34(2,28)29/h3-9,14-15H,10-13H2,1-2H3,(H,24,26). The number of amides is 1. The number of piperidine rings is 1. The molecule has 12 heteroatoms. The summed E-state index contributed by atoms with van der Waals surface area (Å²) in [6.07, 6.45) is 1.59. The second-order valence-electron chi connectivity index (χ2n) is 8.21. The molecule has 3 aromatic rings. The van der Waals surface area contributed by atoms with Gasteiger partial charge < -0.3 is 10.1 Å². The molecule has 0 radical (unpaired) electrons. The number of hydrogen-bond acceptors (Lipinski definition) is 8. The second kappa shape index (κ2) is 9.69. The number of esters is 1. The molecular formula is C23H24N2O7S3. The lowest BCUT2D eigenvalue weighted by Gasteiger charge is -2.30. The van der Waals surface area contributed by atoms with Crippen LogP contribution in [0.4, 0.5) is 5.00 Å². The zero-order valence-corrected chi connectivity index (χ0v) is 21.5. The molecule has 1 saturated heterocycles. The van der Waals surface area contributed by atoms with Gasteiger partial charge >= 0.3 is 5.97 Å². The van der Waals surface area contributed by atoms with E-state index in [2.05, 4.69) is 5.32 Å². The molecule has 1 aliphatic heterocycles. The number of methoxy groups -OCH3 is 1. The van der Waals surface area contributed by atoms with Gasteiger partial charge in [-0.2, -0.15) is 4.31 Å². The van der Waals surface area contributed by atoms with E-state index in [-0.39, 0.29) is 41.6 Å². The maximum absolute atomic E-state index is 13.1. The van der Waals surface area contributed by atoms with Gasteiger partial charge in [0.05, 0.1) is 16.9 Å². The summed E-state index contributed by atoms with van der Waals surface area (Å²) in [5, 5.41) is 3.93. The van der Waals surface area contributed by atoms with Crippen molar-refractivity contribution in [2.45, 2.75) is 22.6 Å². The molecule has 0 bridgehead atoms. The Morgan fingerprint density at radius 3 is 2.31 bits per heavy atom. The first-order valence-corrected chi connectivity index (χ1v) is 14.9. The van der Waals surface area contributed by atoms with E-state index in [9.17, 15) is 26.4 Å². The third-order valence-electron chi connectivity index (χ3n) is 5.92. The van der Waals surface area contributed by atoms with Gasteiger partial charge in [0.25, 0.3) is 0 Å². The van der Waals surface area contributed by atoms with E-state index in [0.717, 1.165) is 17.0 Å². The number of nitrogens with one attached hydrogen (secondary N) is 1. The number of nitrogens with zero attached hydrogens (tertiary/aromatic N) is 1. The summed E-state index contributed by atoms with van der Waals surface area (Å²) in [6.45, 7) is 0.222. The average molecular weight is 537 g/mol. The monoisotopic (exact) mass is 536 g/mol. The Morgan fingerprint density at radius 1 is 1.00 bits per heavy atom.